The van der Waals surface area contributed by atoms with Gasteiger partial charge in [-0.2, -0.15) is 0 Å². The topological polar surface area (TPSA) is 63.3 Å². The zero-order valence-electron chi connectivity index (χ0n) is 9.95. The first-order valence-corrected chi connectivity index (χ1v) is 5.74. The van der Waals surface area contributed by atoms with Crippen molar-refractivity contribution >= 4 is 5.97 Å². The van der Waals surface area contributed by atoms with E-state index in [4.69, 9.17) is 10.8 Å². The van der Waals surface area contributed by atoms with Crippen LogP contribution in [0.2, 0.25) is 0 Å². The third-order valence-corrected chi connectivity index (χ3v) is 2.77. The van der Waals surface area contributed by atoms with Crippen molar-refractivity contribution in [1.82, 2.24) is 0 Å². The Labute approximate surface area is 100 Å². The van der Waals surface area contributed by atoms with Gasteiger partial charge in [0.1, 0.15) is 5.82 Å². The molecule has 1 aromatic carbocycles. The molecule has 0 amide bonds. The SMILES string of the molecule is Cc1cc(C(N)CCCCC(=O)O)ccc1F. The Bertz CT molecular complexity index is 393. The van der Waals surface area contributed by atoms with Crippen LogP contribution < -0.4 is 5.73 Å². The third kappa shape index (κ3) is 4.53. The Morgan fingerprint density at radius 1 is 1.47 bits per heavy atom. The van der Waals surface area contributed by atoms with Crippen LogP contribution in [0.15, 0.2) is 18.2 Å². The van der Waals surface area contributed by atoms with Crippen molar-refractivity contribution in [3.05, 3.63) is 35.1 Å². The van der Waals surface area contributed by atoms with E-state index in [2.05, 4.69) is 0 Å². The summed E-state index contributed by atoms with van der Waals surface area (Å²) < 4.78 is 13.1. The minimum absolute atomic E-state index is 0.150. The van der Waals surface area contributed by atoms with Gasteiger partial charge in [0, 0.05) is 12.5 Å². The highest BCUT2D eigenvalue weighted by atomic mass is 19.1. The van der Waals surface area contributed by atoms with Gasteiger partial charge in [-0.3, -0.25) is 4.79 Å². The number of carboxylic acids is 1. The summed E-state index contributed by atoms with van der Waals surface area (Å²) in [6.07, 6.45) is 2.29. The van der Waals surface area contributed by atoms with E-state index in [0.717, 1.165) is 18.4 Å². The number of hydrogen-bond acceptors (Lipinski definition) is 2. The molecule has 1 aromatic rings. The van der Waals surface area contributed by atoms with Crippen molar-refractivity contribution < 1.29 is 14.3 Å². The molecule has 1 rings (SSSR count). The Balaban J connectivity index is 2.44. The molecule has 0 radical (unpaired) electrons. The van der Waals surface area contributed by atoms with Crippen LogP contribution in [0.5, 0.6) is 0 Å². The molecule has 3 nitrogen and oxygen atoms in total. The molecule has 94 valence electrons. The smallest absolute Gasteiger partial charge is 0.303 e. The number of aryl methyl sites for hydroxylation is 1. The standard InChI is InChI=1S/C13H18FNO2/c1-9-8-10(6-7-11(9)14)12(15)4-2-3-5-13(16)17/h6-8,12H,2-5,15H2,1H3,(H,16,17). The monoisotopic (exact) mass is 239 g/mol. The van der Waals surface area contributed by atoms with Crippen molar-refractivity contribution in [2.24, 2.45) is 5.73 Å². The van der Waals surface area contributed by atoms with Gasteiger partial charge in [0.2, 0.25) is 0 Å². The fourth-order valence-electron chi connectivity index (χ4n) is 1.71. The second kappa shape index (κ2) is 6.35. The molecule has 3 N–H and O–H groups in total. The maximum absolute atomic E-state index is 13.1. The van der Waals surface area contributed by atoms with Crippen LogP contribution in [0.25, 0.3) is 0 Å². The molecule has 0 saturated carbocycles. The summed E-state index contributed by atoms with van der Waals surface area (Å²) in [5, 5.41) is 8.49. The molecule has 17 heavy (non-hydrogen) atoms. The normalized spacial score (nSPS) is 12.4. The molecule has 1 unspecified atom stereocenters. The summed E-state index contributed by atoms with van der Waals surface area (Å²) in [6, 6.07) is 4.70. The first kappa shape index (κ1) is 13.6. The Kier molecular flexibility index (Phi) is 5.10. The lowest BCUT2D eigenvalue weighted by atomic mass is 9.99. The lowest BCUT2D eigenvalue weighted by Gasteiger charge is -2.12. The predicted molar refractivity (Wildman–Crippen MR) is 64.2 cm³/mol. The van der Waals surface area contributed by atoms with Crippen LogP contribution in [0.3, 0.4) is 0 Å². The van der Waals surface area contributed by atoms with E-state index in [1.54, 1.807) is 19.1 Å². The van der Waals surface area contributed by atoms with E-state index in [9.17, 15) is 9.18 Å². The van der Waals surface area contributed by atoms with Gasteiger partial charge in [-0.1, -0.05) is 18.6 Å². The quantitative estimate of drug-likeness (QED) is 0.750. The maximum atomic E-state index is 13.1. The minimum atomic E-state index is -0.781. The summed E-state index contributed by atoms with van der Waals surface area (Å²) in [5.41, 5.74) is 7.45. The largest absolute Gasteiger partial charge is 0.481 e. The van der Waals surface area contributed by atoms with Gasteiger partial charge < -0.3 is 10.8 Å². The fraction of sp³-hybridized carbons (Fsp3) is 0.462. The molecule has 0 fully saturated rings. The summed E-state index contributed by atoms with van der Waals surface area (Å²) in [4.78, 5) is 10.3. The van der Waals surface area contributed by atoms with Gasteiger partial charge in [0.15, 0.2) is 0 Å². The molecule has 1 atom stereocenters. The molecule has 0 spiro atoms. The number of unbranched alkanes of at least 4 members (excludes halogenated alkanes) is 1. The van der Waals surface area contributed by atoms with E-state index in [1.807, 2.05) is 0 Å². The van der Waals surface area contributed by atoms with Crippen LogP contribution >= 0.6 is 0 Å². The van der Waals surface area contributed by atoms with Gasteiger partial charge >= 0.3 is 5.97 Å². The van der Waals surface area contributed by atoms with Crippen LogP contribution in [-0.4, -0.2) is 11.1 Å². The van der Waals surface area contributed by atoms with Crippen molar-refractivity contribution in [2.45, 2.75) is 38.6 Å². The molecule has 0 aliphatic heterocycles. The number of carboxylic acid groups (broad SMARTS) is 1. The number of carbonyl (C=O) groups is 1. The summed E-state index contributed by atoms with van der Waals surface area (Å²) in [7, 11) is 0. The van der Waals surface area contributed by atoms with Gasteiger partial charge in [-0.15, -0.1) is 0 Å². The van der Waals surface area contributed by atoms with E-state index >= 15 is 0 Å². The lowest BCUT2D eigenvalue weighted by Crippen LogP contribution is -2.10. The molecule has 4 heteroatoms. The Hall–Kier alpha value is -1.42. The molecular formula is C13H18FNO2. The average Bonchev–Trinajstić information content (AvgIpc) is 2.27. The molecule has 0 aromatic heterocycles. The predicted octanol–water partition coefficient (Wildman–Crippen LogP) is 2.78. The van der Waals surface area contributed by atoms with E-state index in [0.29, 0.717) is 12.0 Å². The molecule has 0 heterocycles. The van der Waals surface area contributed by atoms with Crippen molar-refractivity contribution in [3.63, 3.8) is 0 Å². The first-order valence-electron chi connectivity index (χ1n) is 5.74. The number of hydrogen-bond donors (Lipinski definition) is 2. The highest BCUT2D eigenvalue weighted by Crippen LogP contribution is 2.19. The summed E-state index contributed by atoms with van der Waals surface area (Å²) in [5.74, 6) is -1.01. The van der Waals surface area contributed by atoms with E-state index in [-0.39, 0.29) is 18.3 Å². The number of halogens is 1. The lowest BCUT2D eigenvalue weighted by molar-refractivity contribution is -0.137. The Morgan fingerprint density at radius 3 is 2.76 bits per heavy atom. The molecule has 0 aliphatic rings. The number of nitrogens with two attached hydrogens (primary N) is 1. The van der Waals surface area contributed by atoms with Gasteiger partial charge in [-0.05, 0) is 37.0 Å². The van der Waals surface area contributed by atoms with E-state index < -0.39 is 5.97 Å². The molecule has 0 saturated heterocycles. The molecule has 0 aliphatic carbocycles. The molecule has 0 bridgehead atoms. The van der Waals surface area contributed by atoms with Gasteiger partial charge in [-0.25, -0.2) is 4.39 Å². The fourth-order valence-corrected chi connectivity index (χ4v) is 1.71. The van der Waals surface area contributed by atoms with Crippen molar-refractivity contribution in [3.8, 4) is 0 Å². The van der Waals surface area contributed by atoms with Crippen LogP contribution in [-0.2, 0) is 4.79 Å². The van der Waals surface area contributed by atoms with Crippen LogP contribution in [0.1, 0.15) is 42.9 Å². The number of aliphatic carboxylic acids is 1. The van der Waals surface area contributed by atoms with Crippen LogP contribution in [0.4, 0.5) is 4.39 Å². The third-order valence-electron chi connectivity index (χ3n) is 2.77. The first-order chi connectivity index (χ1) is 8.00. The average molecular weight is 239 g/mol. The van der Waals surface area contributed by atoms with Gasteiger partial charge in [0.05, 0.1) is 0 Å². The maximum Gasteiger partial charge on any atom is 0.303 e. The van der Waals surface area contributed by atoms with Gasteiger partial charge in [0.25, 0.3) is 0 Å². The Morgan fingerprint density at radius 2 is 2.18 bits per heavy atom. The number of benzene rings is 1. The highest BCUT2D eigenvalue weighted by Gasteiger charge is 2.08. The second-order valence-electron chi connectivity index (χ2n) is 4.25. The molecular weight excluding hydrogens is 221 g/mol. The van der Waals surface area contributed by atoms with Crippen molar-refractivity contribution in [1.29, 1.82) is 0 Å². The zero-order valence-corrected chi connectivity index (χ0v) is 9.95. The van der Waals surface area contributed by atoms with Crippen LogP contribution in [0, 0.1) is 12.7 Å². The summed E-state index contributed by atoms with van der Waals surface area (Å²) >= 11 is 0. The number of rotatable bonds is 6. The summed E-state index contributed by atoms with van der Waals surface area (Å²) in [6.45, 7) is 1.70. The van der Waals surface area contributed by atoms with Crippen molar-refractivity contribution in [2.75, 3.05) is 0 Å². The minimum Gasteiger partial charge on any atom is -0.481 e. The second-order valence-corrected chi connectivity index (χ2v) is 4.25. The highest BCUT2D eigenvalue weighted by molar-refractivity contribution is 5.66. The van der Waals surface area contributed by atoms with E-state index in [1.165, 1.54) is 6.07 Å². The zero-order chi connectivity index (χ0) is 12.8.